The molecule has 0 radical (unpaired) electrons. The number of nitrogens with one attached hydrogen (secondary N) is 2. The third-order valence-electron chi connectivity index (χ3n) is 2.96. The number of fused-ring (bicyclic) bond motifs is 1. The van der Waals surface area contributed by atoms with Gasteiger partial charge in [0.05, 0.1) is 12.9 Å². The van der Waals surface area contributed by atoms with Crippen molar-refractivity contribution < 1.29 is 17.9 Å². The first kappa shape index (κ1) is 14.8. The molecule has 0 saturated heterocycles. The van der Waals surface area contributed by atoms with Crippen LogP contribution in [0.4, 0.5) is 0 Å². The Labute approximate surface area is 118 Å². The van der Waals surface area contributed by atoms with Gasteiger partial charge in [-0.1, -0.05) is 0 Å². The van der Waals surface area contributed by atoms with Gasteiger partial charge in [-0.15, -0.1) is 0 Å². The smallest absolute Gasteiger partial charge is 0.251 e. The lowest BCUT2D eigenvalue weighted by atomic mass is 10.1. The van der Waals surface area contributed by atoms with E-state index in [1.54, 1.807) is 6.07 Å². The fourth-order valence-electron chi connectivity index (χ4n) is 1.98. The molecule has 1 aliphatic heterocycles. The van der Waals surface area contributed by atoms with Gasteiger partial charge in [-0.25, -0.2) is 13.1 Å². The molecule has 0 bridgehead atoms. The Balaban J connectivity index is 1.78. The highest BCUT2D eigenvalue weighted by Crippen LogP contribution is 2.25. The summed E-state index contributed by atoms with van der Waals surface area (Å²) < 4.78 is 29.5. The molecular formula is C13H18N2O4S. The van der Waals surface area contributed by atoms with Gasteiger partial charge in [0.2, 0.25) is 10.0 Å². The molecule has 0 aliphatic carbocycles. The van der Waals surface area contributed by atoms with Crippen LogP contribution < -0.4 is 14.8 Å². The van der Waals surface area contributed by atoms with E-state index in [0.717, 1.165) is 24.0 Å². The first-order valence-corrected chi connectivity index (χ1v) is 8.33. The topological polar surface area (TPSA) is 84.5 Å². The first-order chi connectivity index (χ1) is 9.46. The predicted molar refractivity (Wildman–Crippen MR) is 75.4 cm³/mol. The Morgan fingerprint density at radius 2 is 2.15 bits per heavy atom. The van der Waals surface area contributed by atoms with Crippen molar-refractivity contribution in [1.29, 1.82) is 0 Å². The van der Waals surface area contributed by atoms with E-state index in [-0.39, 0.29) is 5.91 Å². The van der Waals surface area contributed by atoms with Crippen LogP contribution in [0, 0.1) is 0 Å². The van der Waals surface area contributed by atoms with E-state index in [9.17, 15) is 13.2 Å². The Kier molecular flexibility index (Phi) is 4.61. The number of carbonyl (C=O) groups excluding carboxylic acids is 1. The summed E-state index contributed by atoms with van der Waals surface area (Å²) in [6.45, 7) is 1.41. The maximum absolute atomic E-state index is 11.9. The molecule has 7 heteroatoms. The Bertz CT molecular complexity index is 598. The van der Waals surface area contributed by atoms with E-state index in [4.69, 9.17) is 4.74 Å². The fraction of sp³-hybridized carbons (Fsp3) is 0.462. The van der Waals surface area contributed by atoms with Crippen molar-refractivity contribution in [1.82, 2.24) is 10.0 Å². The molecular weight excluding hydrogens is 280 g/mol. The van der Waals surface area contributed by atoms with E-state index in [2.05, 4.69) is 10.0 Å². The van der Waals surface area contributed by atoms with Crippen LogP contribution in [0.3, 0.4) is 0 Å². The van der Waals surface area contributed by atoms with Crippen molar-refractivity contribution in [3.8, 4) is 5.75 Å². The number of benzene rings is 1. The summed E-state index contributed by atoms with van der Waals surface area (Å²) in [5, 5.41) is 2.76. The standard InChI is InChI=1S/C13H18N2O4S/c1-20(17,18)15-7-2-6-14-13(16)11-3-4-12-10(9-11)5-8-19-12/h3-4,9,15H,2,5-8H2,1H3,(H,14,16). The fourth-order valence-corrected chi connectivity index (χ4v) is 2.49. The van der Waals surface area contributed by atoms with Gasteiger partial charge in [0.15, 0.2) is 0 Å². The molecule has 2 N–H and O–H groups in total. The summed E-state index contributed by atoms with van der Waals surface area (Å²) in [5.41, 5.74) is 1.65. The second-order valence-corrected chi connectivity index (χ2v) is 6.53. The van der Waals surface area contributed by atoms with Crippen molar-refractivity contribution in [3.63, 3.8) is 0 Å². The molecule has 0 aromatic heterocycles. The minimum atomic E-state index is -3.16. The quantitative estimate of drug-likeness (QED) is 0.739. The van der Waals surface area contributed by atoms with Gasteiger partial charge in [-0.3, -0.25) is 4.79 Å². The molecule has 0 atom stereocenters. The Hall–Kier alpha value is -1.60. The first-order valence-electron chi connectivity index (χ1n) is 6.44. The molecule has 0 spiro atoms. The summed E-state index contributed by atoms with van der Waals surface area (Å²) in [4.78, 5) is 11.9. The molecule has 1 aromatic rings. The molecule has 1 aliphatic rings. The van der Waals surface area contributed by atoms with E-state index >= 15 is 0 Å². The number of sulfonamides is 1. The van der Waals surface area contributed by atoms with Crippen LogP contribution in [0.15, 0.2) is 18.2 Å². The molecule has 20 heavy (non-hydrogen) atoms. The third kappa shape index (κ3) is 4.21. The van der Waals surface area contributed by atoms with Crippen LogP contribution >= 0.6 is 0 Å². The van der Waals surface area contributed by atoms with E-state index in [1.165, 1.54) is 0 Å². The van der Waals surface area contributed by atoms with Gasteiger partial charge in [0.1, 0.15) is 5.75 Å². The van der Waals surface area contributed by atoms with Crippen LogP contribution in [-0.4, -0.2) is 40.3 Å². The molecule has 0 saturated carbocycles. The SMILES string of the molecule is CS(=O)(=O)NCCCNC(=O)c1ccc2c(c1)CCO2. The summed E-state index contributed by atoms with van der Waals surface area (Å²) in [5.74, 6) is 0.693. The maximum atomic E-state index is 11.9. The highest BCUT2D eigenvalue weighted by atomic mass is 32.2. The second kappa shape index (κ2) is 6.23. The molecule has 2 rings (SSSR count). The van der Waals surface area contributed by atoms with Crippen LogP contribution in [0.1, 0.15) is 22.3 Å². The molecule has 1 amide bonds. The summed E-state index contributed by atoms with van der Waals surface area (Å²) in [6.07, 6.45) is 2.49. The zero-order valence-electron chi connectivity index (χ0n) is 11.3. The Morgan fingerprint density at radius 3 is 2.90 bits per heavy atom. The molecule has 0 fully saturated rings. The van der Waals surface area contributed by atoms with Gasteiger partial charge in [-0.05, 0) is 30.2 Å². The number of ether oxygens (including phenoxy) is 1. The van der Waals surface area contributed by atoms with Crippen LogP contribution in [0.25, 0.3) is 0 Å². The molecule has 6 nitrogen and oxygen atoms in total. The summed E-state index contributed by atoms with van der Waals surface area (Å²) in [6, 6.07) is 5.38. The zero-order valence-corrected chi connectivity index (χ0v) is 12.1. The van der Waals surface area contributed by atoms with Crippen molar-refractivity contribution in [3.05, 3.63) is 29.3 Å². The monoisotopic (exact) mass is 298 g/mol. The lowest BCUT2D eigenvalue weighted by molar-refractivity contribution is 0.0953. The normalized spacial score (nSPS) is 13.7. The largest absolute Gasteiger partial charge is 0.493 e. The highest BCUT2D eigenvalue weighted by molar-refractivity contribution is 7.88. The molecule has 1 aromatic carbocycles. The summed E-state index contributed by atoms with van der Waals surface area (Å²) in [7, 11) is -3.16. The number of rotatable bonds is 6. The summed E-state index contributed by atoms with van der Waals surface area (Å²) >= 11 is 0. The van der Waals surface area contributed by atoms with E-state index in [1.807, 2.05) is 12.1 Å². The minimum Gasteiger partial charge on any atom is -0.493 e. The molecule has 0 unspecified atom stereocenters. The second-order valence-electron chi connectivity index (χ2n) is 4.70. The third-order valence-corrected chi connectivity index (χ3v) is 3.68. The average molecular weight is 298 g/mol. The van der Waals surface area contributed by atoms with Gasteiger partial charge < -0.3 is 10.1 Å². The maximum Gasteiger partial charge on any atom is 0.251 e. The molecule has 110 valence electrons. The van der Waals surface area contributed by atoms with Crippen molar-refractivity contribution in [2.75, 3.05) is 26.0 Å². The van der Waals surface area contributed by atoms with Crippen LogP contribution in [0.5, 0.6) is 5.75 Å². The predicted octanol–water partition coefficient (Wildman–Crippen LogP) is 0.291. The highest BCUT2D eigenvalue weighted by Gasteiger charge is 2.14. The average Bonchev–Trinajstić information content (AvgIpc) is 2.83. The Morgan fingerprint density at radius 1 is 1.35 bits per heavy atom. The number of hydrogen-bond acceptors (Lipinski definition) is 4. The number of amides is 1. The molecule has 1 heterocycles. The van der Waals surface area contributed by atoms with Gasteiger partial charge in [0, 0.05) is 25.1 Å². The van der Waals surface area contributed by atoms with Crippen LogP contribution in [0.2, 0.25) is 0 Å². The van der Waals surface area contributed by atoms with E-state index in [0.29, 0.717) is 31.7 Å². The number of carbonyl (C=O) groups is 1. The van der Waals surface area contributed by atoms with Gasteiger partial charge >= 0.3 is 0 Å². The lowest BCUT2D eigenvalue weighted by Crippen LogP contribution is -2.29. The van der Waals surface area contributed by atoms with Gasteiger partial charge in [0.25, 0.3) is 5.91 Å². The van der Waals surface area contributed by atoms with E-state index < -0.39 is 10.0 Å². The van der Waals surface area contributed by atoms with Gasteiger partial charge in [-0.2, -0.15) is 0 Å². The van der Waals surface area contributed by atoms with Crippen molar-refractivity contribution >= 4 is 15.9 Å². The van der Waals surface area contributed by atoms with Crippen molar-refractivity contribution in [2.45, 2.75) is 12.8 Å². The lowest BCUT2D eigenvalue weighted by Gasteiger charge is -2.07. The zero-order chi connectivity index (χ0) is 14.6. The van der Waals surface area contributed by atoms with Crippen molar-refractivity contribution in [2.24, 2.45) is 0 Å². The minimum absolute atomic E-state index is 0.154. The van der Waals surface area contributed by atoms with Crippen LogP contribution in [-0.2, 0) is 16.4 Å². The number of hydrogen-bond donors (Lipinski definition) is 2.